The summed E-state index contributed by atoms with van der Waals surface area (Å²) in [5.41, 5.74) is 1.64. The van der Waals surface area contributed by atoms with Crippen LogP contribution in [0.15, 0.2) is 48.5 Å². The number of aromatic amines is 1. The van der Waals surface area contributed by atoms with E-state index in [-0.39, 0.29) is 12.2 Å². The fourth-order valence-corrected chi connectivity index (χ4v) is 2.38. The minimum absolute atomic E-state index is 0.247. The molecule has 0 saturated heterocycles. The molecule has 21 heavy (non-hydrogen) atoms. The van der Waals surface area contributed by atoms with Crippen molar-refractivity contribution in [2.45, 2.75) is 6.61 Å². The molecule has 4 nitrogen and oxygen atoms in total. The summed E-state index contributed by atoms with van der Waals surface area (Å²) in [6, 6.07) is 14.2. The number of benzene rings is 2. The van der Waals surface area contributed by atoms with Crippen molar-refractivity contribution in [2.75, 3.05) is 0 Å². The van der Waals surface area contributed by atoms with E-state index in [0.29, 0.717) is 16.3 Å². The number of aromatic nitrogens is 1. The maximum absolute atomic E-state index is 11.2. The number of hydrogen-bond acceptors (Lipinski definition) is 2. The van der Waals surface area contributed by atoms with E-state index in [1.165, 1.54) is 0 Å². The molecule has 0 atom stereocenters. The molecule has 0 saturated carbocycles. The second-order valence-electron chi connectivity index (χ2n) is 4.59. The van der Waals surface area contributed by atoms with E-state index >= 15 is 0 Å². The third kappa shape index (κ3) is 2.71. The molecule has 106 valence electrons. The molecular formula is C16H12ClNO3. The predicted molar refractivity (Wildman–Crippen MR) is 81.0 cm³/mol. The zero-order valence-corrected chi connectivity index (χ0v) is 11.7. The van der Waals surface area contributed by atoms with Gasteiger partial charge < -0.3 is 14.8 Å². The number of fused-ring (bicyclic) bond motifs is 1. The summed E-state index contributed by atoms with van der Waals surface area (Å²) in [6.07, 6.45) is 0. The number of ether oxygens (including phenoxy) is 1. The van der Waals surface area contributed by atoms with Gasteiger partial charge in [0, 0.05) is 5.39 Å². The quantitative estimate of drug-likeness (QED) is 0.762. The number of carboxylic acid groups (broad SMARTS) is 1. The van der Waals surface area contributed by atoms with Crippen molar-refractivity contribution in [3.8, 4) is 5.75 Å². The molecule has 0 bridgehead atoms. The minimum Gasteiger partial charge on any atom is -0.486 e. The van der Waals surface area contributed by atoms with Crippen LogP contribution in [0.5, 0.6) is 5.75 Å². The van der Waals surface area contributed by atoms with Crippen LogP contribution in [0.1, 0.15) is 16.1 Å². The summed E-state index contributed by atoms with van der Waals surface area (Å²) in [4.78, 5) is 14.3. The van der Waals surface area contributed by atoms with Crippen molar-refractivity contribution in [3.05, 3.63) is 64.8 Å². The van der Waals surface area contributed by atoms with Gasteiger partial charge in [-0.25, -0.2) is 4.79 Å². The van der Waals surface area contributed by atoms with Crippen LogP contribution < -0.4 is 4.74 Å². The first kappa shape index (κ1) is 13.5. The number of halogens is 1. The summed E-state index contributed by atoms with van der Waals surface area (Å²) in [6.45, 7) is 0.289. The molecule has 0 spiro atoms. The van der Waals surface area contributed by atoms with Crippen LogP contribution in [0.3, 0.4) is 0 Å². The molecule has 1 aromatic heterocycles. The lowest BCUT2D eigenvalue weighted by molar-refractivity contribution is 0.0699. The molecule has 2 aromatic carbocycles. The van der Waals surface area contributed by atoms with E-state index in [9.17, 15) is 4.79 Å². The van der Waals surface area contributed by atoms with Gasteiger partial charge in [-0.3, -0.25) is 0 Å². The van der Waals surface area contributed by atoms with Crippen LogP contribution in [0.25, 0.3) is 10.9 Å². The highest BCUT2D eigenvalue weighted by molar-refractivity contribution is 6.32. The maximum atomic E-state index is 11.2. The van der Waals surface area contributed by atoms with Gasteiger partial charge in [-0.2, -0.15) is 0 Å². The van der Waals surface area contributed by atoms with Crippen LogP contribution >= 0.6 is 11.6 Å². The number of nitrogens with one attached hydrogen (secondary N) is 1. The Morgan fingerprint density at radius 2 is 2.00 bits per heavy atom. The van der Waals surface area contributed by atoms with Gasteiger partial charge in [0.05, 0.1) is 21.8 Å². The first-order chi connectivity index (χ1) is 10.1. The van der Waals surface area contributed by atoms with Gasteiger partial charge in [-0.15, -0.1) is 0 Å². The monoisotopic (exact) mass is 301 g/mol. The fraction of sp³-hybridized carbons (Fsp3) is 0.0625. The molecule has 0 unspecified atom stereocenters. The van der Waals surface area contributed by atoms with Crippen LogP contribution in [0.2, 0.25) is 5.02 Å². The van der Waals surface area contributed by atoms with Gasteiger partial charge in [0.2, 0.25) is 0 Å². The molecular weight excluding hydrogens is 290 g/mol. The Morgan fingerprint density at radius 3 is 2.76 bits per heavy atom. The number of carbonyl (C=O) groups is 1. The summed E-state index contributed by atoms with van der Waals surface area (Å²) < 4.78 is 5.64. The maximum Gasteiger partial charge on any atom is 0.337 e. The lowest BCUT2D eigenvalue weighted by Crippen LogP contribution is -1.98. The van der Waals surface area contributed by atoms with Crippen molar-refractivity contribution in [1.29, 1.82) is 0 Å². The third-order valence-electron chi connectivity index (χ3n) is 3.16. The smallest absolute Gasteiger partial charge is 0.337 e. The number of para-hydroxylation sites is 2. The van der Waals surface area contributed by atoms with Gasteiger partial charge in [0.1, 0.15) is 12.4 Å². The van der Waals surface area contributed by atoms with Gasteiger partial charge in [0.25, 0.3) is 0 Å². The lowest BCUT2D eigenvalue weighted by Gasteiger charge is -2.06. The largest absolute Gasteiger partial charge is 0.486 e. The van der Waals surface area contributed by atoms with Gasteiger partial charge in [-0.05, 0) is 24.3 Å². The van der Waals surface area contributed by atoms with Crippen molar-refractivity contribution >= 4 is 28.5 Å². The van der Waals surface area contributed by atoms with Crippen molar-refractivity contribution < 1.29 is 14.6 Å². The first-order valence-electron chi connectivity index (χ1n) is 6.36. The molecule has 0 aliphatic carbocycles. The van der Waals surface area contributed by atoms with Crippen molar-refractivity contribution in [2.24, 2.45) is 0 Å². The zero-order chi connectivity index (χ0) is 14.8. The molecule has 3 aromatic rings. The standard InChI is InChI=1S/C16H12ClNO3/c17-13-6-1-2-7-14(13)21-9-11-8-10-4-3-5-12(16(19)20)15(10)18-11/h1-8,18H,9H2,(H,19,20). The Labute approximate surface area is 125 Å². The van der Waals surface area contributed by atoms with E-state index in [1.54, 1.807) is 24.3 Å². The average Bonchev–Trinajstić information content (AvgIpc) is 2.88. The van der Waals surface area contributed by atoms with E-state index in [4.69, 9.17) is 21.4 Å². The van der Waals surface area contributed by atoms with E-state index < -0.39 is 5.97 Å². The molecule has 2 N–H and O–H groups in total. The number of carboxylic acids is 1. The molecule has 3 rings (SSSR count). The second-order valence-corrected chi connectivity index (χ2v) is 5.00. The first-order valence-corrected chi connectivity index (χ1v) is 6.74. The third-order valence-corrected chi connectivity index (χ3v) is 3.47. The van der Waals surface area contributed by atoms with Gasteiger partial charge in [-0.1, -0.05) is 35.9 Å². The Kier molecular flexibility index (Phi) is 3.54. The fourth-order valence-electron chi connectivity index (χ4n) is 2.19. The Hall–Kier alpha value is -2.46. The Bertz CT molecular complexity index is 810. The molecule has 0 aliphatic heterocycles. The highest BCUT2D eigenvalue weighted by atomic mass is 35.5. The summed E-state index contributed by atoms with van der Waals surface area (Å²) in [5, 5.41) is 10.5. The average molecular weight is 302 g/mol. The molecule has 0 radical (unpaired) electrons. The number of aromatic carboxylic acids is 1. The van der Waals surface area contributed by atoms with Crippen molar-refractivity contribution in [1.82, 2.24) is 4.98 Å². The van der Waals surface area contributed by atoms with Crippen LogP contribution in [-0.2, 0) is 6.61 Å². The number of H-pyrrole nitrogens is 1. The van der Waals surface area contributed by atoms with Crippen LogP contribution in [0.4, 0.5) is 0 Å². The Morgan fingerprint density at radius 1 is 1.19 bits per heavy atom. The van der Waals surface area contributed by atoms with E-state index in [1.807, 2.05) is 24.3 Å². The summed E-state index contributed by atoms with van der Waals surface area (Å²) in [5.74, 6) is -0.364. The summed E-state index contributed by atoms with van der Waals surface area (Å²) >= 11 is 6.02. The van der Waals surface area contributed by atoms with Crippen LogP contribution in [-0.4, -0.2) is 16.1 Å². The normalized spacial score (nSPS) is 10.7. The highest BCUT2D eigenvalue weighted by Crippen LogP contribution is 2.25. The molecule has 0 fully saturated rings. The molecule has 5 heteroatoms. The predicted octanol–water partition coefficient (Wildman–Crippen LogP) is 4.10. The SMILES string of the molecule is O=C(O)c1cccc2cc(COc3ccccc3Cl)[nH]c12. The van der Waals surface area contributed by atoms with Gasteiger partial charge in [0.15, 0.2) is 0 Å². The van der Waals surface area contributed by atoms with Crippen molar-refractivity contribution in [3.63, 3.8) is 0 Å². The lowest BCUT2D eigenvalue weighted by atomic mass is 10.1. The zero-order valence-electron chi connectivity index (χ0n) is 11.0. The topological polar surface area (TPSA) is 62.3 Å². The number of hydrogen-bond donors (Lipinski definition) is 2. The van der Waals surface area contributed by atoms with Gasteiger partial charge >= 0.3 is 5.97 Å². The molecule has 1 heterocycles. The number of rotatable bonds is 4. The Balaban J connectivity index is 1.87. The molecule has 0 amide bonds. The minimum atomic E-state index is -0.957. The van der Waals surface area contributed by atoms with E-state index in [0.717, 1.165) is 11.1 Å². The van der Waals surface area contributed by atoms with Crippen LogP contribution in [0, 0.1) is 0 Å². The highest BCUT2D eigenvalue weighted by Gasteiger charge is 2.11. The summed E-state index contributed by atoms with van der Waals surface area (Å²) in [7, 11) is 0. The second kappa shape index (κ2) is 5.50. The molecule has 0 aliphatic rings. The van der Waals surface area contributed by atoms with E-state index in [2.05, 4.69) is 4.98 Å².